The molecule has 1 aliphatic carbocycles. The molecule has 1 aliphatic heterocycles. The number of anilines is 1. The summed E-state index contributed by atoms with van der Waals surface area (Å²) in [6.07, 6.45) is 0.562. The standard InChI is InChI=1S/C20H17NO4.Na.H/c1-25-12-6-7-13-15(10-12)11(9-18(22)23)8-16(13)19-14-4-2-3-5-17(14)21-20(19)24;;/h2-7,10-11H,8-9H2,1H3,(H,21,24)(H,22,23);;/q;+1;-1. The smallest absolute Gasteiger partial charge is 1.00 e. The van der Waals surface area contributed by atoms with Crippen LogP contribution in [0.4, 0.5) is 5.69 Å². The fourth-order valence-corrected chi connectivity index (χ4v) is 3.79. The molecule has 1 atom stereocenters. The molecule has 0 bridgehead atoms. The van der Waals surface area contributed by atoms with Crippen LogP contribution in [-0.2, 0) is 9.59 Å². The maximum atomic E-state index is 12.6. The minimum Gasteiger partial charge on any atom is -1.00 e. The normalized spacial score (nSPS) is 20.0. The van der Waals surface area contributed by atoms with Crippen molar-refractivity contribution in [2.24, 2.45) is 0 Å². The summed E-state index contributed by atoms with van der Waals surface area (Å²) in [6.45, 7) is 0. The van der Waals surface area contributed by atoms with E-state index >= 15 is 0 Å². The van der Waals surface area contributed by atoms with Crippen LogP contribution >= 0.6 is 0 Å². The van der Waals surface area contributed by atoms with Gasteiger partial charge in [0.2, 0.25) is 0 Å². The van der Waals surface area contributed by atoms with Crippen molar-refractivity contribution in [3.05, 3.63) is 59.2 Å². The van der Waals surface area contributed by atoms with Crippen molar-refractivity contribution < 1.29 is 50.4 Å². The van der Waals surface area contributed by atoms with Gasteiger partial charge in [0, 0.05) is 11.3 Å². The Labute approximate surface area is 174 Å². The SMILES string of the molecule is COc1ccc2c(c1)C(CC(=O)O)CC2=C1C(=O)Nc2ccccc21.[H-].[Na+]. The van der Waals surface area contributed by atoms with E-state index in [0.717, 1.165) is 28.0 Å². The van der Waals surface area contributed by atoms with Crippen LogP contribution in [0.2, 0.25) is 0 Å². The topological polar surface area (TPSA) is 75.6 Å². The molecule has 0 saturated carbocycles. The van der Waals surface area contributed by atoms with E-state index < -0.39 is 5.97 Å². The van der Waals surface area contributed by atoms with E-state index in [1.807, 2.05) is 42.5 Å². The number of hydrogen-bond donors (Lipinski definition) is 2. The predicted molar refractivity (Wildman–Crippen MR) is 95.6 cm³/mol. The molecule has 1 heterocycles. The van der Waals surface area contributed by atoms with Crippen LogP contribution in [0.1, 0.15) is 36.9 Å². The number of carboxylic acid groups (broad SMARTS) is 1. The van der Waals surface area contributed by atoms with Gasteiger partial charge in [-0.05, 0) is 47.2 Å². The van der Waals surface area contributed by atoms with Gasteiger partial charge >= 0.3 is 35.5 Å². The average Bonchev–Trinajstić information content (AvgIpc) is 3.10. The first-order valence-electron chi connectivity index (χ1n) is 8.12. The molecule has 2 aliphatic rings. The Hall–Kier alpha value is -2.08. The van der Waals surface area contributed by atoms with E-state index in [1.165, 1.54) is 0 Å². The Bertz CT molecular complexity index is 941. The number of amides is 1. The monoisotopic (exact) mass is 359 g/mol. The van der Waals surface area contributed by atoms with Crippen LogP contribution in [0, 0.1) is 0 Å². The molecule has 0 spiro atoms. The van der Waals surface area contributed by atoms with Gasteiger partial charge < -0.3 is 16.6 Å². The molecule has 26 heavy (non-hydrogen) atoms. The molecule has 4 rings (SSSR count). The molecule has 0 saturated heterocycles. The Balaban J connectivity index is 0.00000131. The van der Waals surface area contributed by atoms with Crippen molar-refractivity contribution in [1.82, 2.24) is 0 Å². The van der Waals surface area contributed by atoms with Crippen molar-refractivity contribution in [2.75, 3.05) is 12.4 Å². The summed E-state index contributed by atoms with van der Waals surface area (Å²) in [5.74, 6) is -0.447. The quantitative estimate of drug-likeness (QED) is 0.623. The maximum Gasteiger partial charge on any atom is 1.00 e. The zero-order chi connectivity index (χ0) is 17.6. The fraction of sp³-hybridized carbons (Fsp3) is 0.200. The Morgan fingerprint density at radius 1 is 1.27 bits per heavy atom. The van der Waals surface area contributed by atoms with Crippen molar-refractivity contribution in [1.29, 1.82) is 0 Å². The van der Waals surface area contributed by atoms with Gasteiger partial charge in [0.05, 0.1) is 19.1 Å². The molecule has 0 radical (unpaired) electrons. The number of rotatable bonds is 3. The summed E-state index contributed by atoms with van der Waals surface area (Å²) in [5, 5.41) is 12.2. The third kappa shape index (κ3) is 3.07. The molecule has 128 valence electrons. The van der Waals surface area contributed by atoms with Gasteiger partial charge in [-0.15, -0.1) is 0 Å². The van der Waals surface area contributed by atoms with Crippen molar-refractivity contribution in [3.63, 3.8) is 0 Å². The van der Waals surface area contributed by atoms with Gasteiger partial charge in [-0.2, -0.15) is 0 Å². The van der Waals surface area contributed by atoms with E-state index in [2.05, 4.69) is 5.32 Å². The maximum absolute atomic E-state index is 12.6. The second kappa shape index (κ2) is 7.27. The number of hydrogen-bond acceptors (Lipinski definition) is 3. The van der Waals surface area contributed by atoms with Gasteiger partial charge in [-0.1, -0.05) is 24.3 Å². The molecule has 1 amide bonds. The number of allylic oxidation sites excluding steroid dienone is 1. The zero-order valence-corrected chi connectivity index (χ0v) is 16.7. The Morgan fingerprint density at radius 2 is 2.04 bits per heavy atom. The summed E-state index contributed by atoms with van der Waals surface area (Å²) in [5.41, 5.74) is 5.10. The predicted octanol–water partition coefficient (Wildman–Crippen LogP) is 0.637. The summed E-state index contributed by atoms with van der Waals surface area (Å²) in [6, 6.07) is 13.2. The van der Waals surface area contributed by atoms with Crippen LogP contribution < -0.4 is 39.6 Å². The third-order valence-electron chi connectivity index (χ3n) is 4.87. The number of aliphatic carboxylic acids is 1. The van der Waals surface area contributed by atoms with Crippen LogP contribution in [0.5, 0.6) is 5.75 Å². The number of benzene rings is 2. The molecule has 2 N–H and O–H groups in total. The van der Waals surface area contributed by atoms with Crippen molar-refractivity contribution in [2.45, 2.75) is 18.8 Å². The van der Waals surface area contributed by atoms with E-state index in [0.29, 0.717) is 17.7 Å². The van der Waals surface area contributed by atoms with Crippen LogP contribution in [-0.4, -0.2) is 24.1 Å². The summed E-state index contributed by atoms with van der Waals surface area (Å²) in [4.78, 5) is 23.9. The molecular formula is C20H18NNaO4. The van der Waals surface area contributed by atoms with E-state index in [4.69, 9.17) is 4.74 Å². The molecule has 0 aromatic heterocycles. The van der Waals surface area contributed by atoms with E-state index in [9.17, 15) is 14.7 Å². The molecule has 2 aromatic rings. The zero-order valence-electron chi connectivity index (χ0n) is 15.7. The van der Waals surface area contributed by atoms with Gasteiger partial charge in [0.15, 0.2) is 0 Å². The molecule has 5 nitrogen and oxygen atoms in total. The molecule has 1 unspecified atom stereocenters. The average molecular weight is 359 g/mol. The van der Waals surface area contributed by atoms with Gasteiger partial charge in [-0.25, -0.2) is 0 Å². The van der Waals surface area contributed by atoms with Gasteiger partial charge in [0.25, 0.3) is 5.91 Å². The third-order valence-corrected chi connectivity index (χ3v) is 4.87. The number of carbonyl (C=O) groups excluding carboxylic acids is 1. The van der Waals surface area contributed by atoms with Crippen LogP contribution in [0.15, 0.2) is 42.5 Å². The second-order valence-corrected chi connectivity index (χ2v) is 6.31. The molecule has 0 fully saturated rings. The van der Waals surface area contributed by atoms with Gasteiger partial charge in [-0.3, -0.25) is 9.59 Å². The number of methoxy groups -OCH3 is 1. The van der Waals surface area contributed by atoms with Crippen molar-refractivity contribution >= 4 is 28.7 Å². The van der Waals surface area contributed by atoms with E-state index in [-0.39, 0.29) is 49.2 Å². The fourth-order valence-electron chi connectivity index (χ4n) is 3.79. The van der Waals surface area contributed by atoms with Crippen molar-refractivity contribution in [3.8, 4) is 5.75 Å². The number of carbonyl (C=O) groups is 2. The van der Waals surface area contributed by atoms with E-state index in [1.54, 1.807) is 7.11 Å². The molecule has 6 heteroatoms. The van der Waals surface area contributed by atoms with Crippen LogP contribution in [0.25, 0.3) is 11.1 Å². The first kappa shape index (κ1) is 18.7. The summed E-state index contributed by atoms with van der Waals surface area (Å²) >= 11 is 0. The second-order valence-electron chi connectivity index (χ2n) is 6.31. The minimum absolute atomic E-state index is 0. The number of nitrogens with one attached hydrogen (secondary N) is 1. The minimum atomic E-state index is -0.846. The number of carboxylic acids is 1. The first-order chi connectivity index (χ1) is 12.1. The van der Waals surface area contributed by atoms with Gasteiger partial charge in [0.1, 0.15) is 5.75 Å². The Morgan fingerprint density at radius 3 is 2.77 bits per heavy atom. The number of fused-ring (bicyclic) bond motifs is 2. The summed E-state index contributed by atoms with van der Waals surface area (Å²) < 4.78 is 5.29. The summed E-state index contributed by atoms with van der Waals surface area (Å²) in [7, 11) is 1.59. The number of para-hydroxylation sites is 1. The first-order valence-corrected chi connectivity index (χ1v) is 8.12. The molecule has 2 aromatic carbocycles. The Kier molecular flexibility index (Phi) is 5.23. The van der Waals surface area contributed by atoms with Crippen LogP contribution in [0.3, 0.4) is 0 Å². The molecular weight excluding hydrogens is 341 g/mol. The number of ether oxygens (including phenoxy) is 1. The largest absolute Gasteiger partial charge is 1.00 e.